The smallest absolute Gasteiger partial charge is 0.227 e. The number of carbonyl (C=O) groups excluding carboxylic acids is 1. The fraction of sp³-hybridized carbons (Fsp3) is 0.231. The van der Waals surface area contributed by atoms with Crippen molar-refractivity contribution < 1.29 is 9.32 Å². The van der Waals surface area contributed by atoms with E-state index in [9.17, 15) is 4.79 Å². The summed E-state index contributed by atoms with van der Waals surface area (Å²) in [4.78, 5) is 21.7. The van der Waals surface area contributed by atoms with Gasteiger partial charge in [-0.2, -0.15) is 0 Å². The molecule has 1 fully saturated rings. The van der Waals surface area contributed by atoms with E-state index in [2.05, 4.69) is 32.9 Å². The Hall–Kier alpha value is -4.04. The first-order valence-corrected chi connectivity index (χ1v) is 11.3. The lowest BCUT2D eigenvalue weighted by molar-refractivity contribution is -0.124. The van der Waals surface area contributed by atoms with E-state index in [1.54, 1.807) is 6.20 Å². The monoisotopic (exact) mass is 454 g/mol. The molecule has 0 spiro atoms. The number of benzene rings is 2. The summed E-state index contributed by atoms with van der Waals surface area (Å²) in [7, 11) is 1.92. The van der Waals surface area contributed by atoms with E-state index in [4.69, 9.17) is 15.2 Å². The minimum Gasteiger partial charge on any atom is -0.382 e. The van der Waals surface area contributed by atoms with Crippen molar-refractivity contribution in [2.75, 3.05) is 19.3 Å². The van der Waals surface area contributed by atoms with Crippen LogP contribution in [0.1, 0.15) is 35.1 Å². The third kappa shape index (κ3) is 4.40. The summed E-state index contributed by atoms with van der Waals surface area (Å²) in [6.07, 6.45) is 2.33. The highest BCUT2D eigenvalue weighted by atomic mass is 16.5. The van der Waals surface area contributed by atoms with Crippen LogP contribution in [0, 0.1) is 0 Å². The van der Waals surface area contributed by atoms with Gasteiger partial charge in [0.2, 0.25) is 5.91 Å². The summed E-state index contributed by atoms with van der Waals surface area (Å²) >= 11 is 0. The molecule has 172 valence electrons. The molecule has 0 bridgehead atoms. The van der Waals surface area contributed by atoms with E-state index >= 15 is 0 Å². The lowest BCUT2D eigenvalue weighted by Gasteiger charge is -2.29. The molecule has 2 unspecified atom stereocenters. The number of piperidine rings is 1. The van der Waals surface area contributed by atoms with Crippen LogP contribution < -0.4 is 16.4 Å². The summed E-state index contributed by atoms with van der Waals surface area (Å²) in [6.45, 7) is 1.30. The first-order chi connectivity index (χ1) is 16.6. The lowest BCUT2D eigenvalue weighted by atomic mass is 9.83. The fourth-order valence-corrected chi connectivity index (χ4v) is 4.33. The number of aromatic nitrogens is 3. The van der Waals surface area contributed by atoms with Crippen molar-refractivity contribution in [3.05, 3.63) is 83.7 Å². The largest absolute Gasteiger partial charge is 0.382 e. The van der Waals surface area contributed by atoms with Crippen LogP contribution in [0.5, 0.6) is 0 Å². The molecule has 1 amide bonds. The summed E-state index contributed by atoms with van der Waals surface area (Å²) in [5, 5.41) is 10.4. The van der Waals surface area contributed by atoms with Gasteiger partial charge in [0.15, 0.2) is 17.3 Å². The Morgan fingerprint density at radius 1 is 1.15 bits per heavy atom. The third-order valence-corrected chi connectivity index (χ3v) is 6.17. The molecule has 0 saturated carbocycles. The van der Waals surface area contributed by atoms with Gasteiger partial charge in [-0.15, -0.1) is 0 Å². The fourth-order valence-electron chi connectivity index (χ4n) is 4.33. The first kappa shape index (κ1) is 21.8. The molecule has 2 aromatic heterocycles. The molecule has 4 N–H and O–H groups in total. The van der Waals surface area contributed by atoms with Crippen LogP contribution in [-0.2, 0) is 11.3 Å². The average molecular weight is 455 g/mol. The van der Waals surface area contributed by atoms with E-state index in [-0.39, 0.29) is 23.6 Å². The van der Waals surface area contributed by atoms with E-state index in [1.807, 2.05) is 55.6 Å². The third-order valence-electron chi connectivity index (χ3n) is 6.17. The maximum Gasteiger partial charge on any atom is 0.227 e. The first-order valence-electron chi connectivity index (χ1n) is 11.3. The van der Waals surface area contributed by atoms with Gasteiger partial charge >= 0.3 is 0 Å². The zero-order chi connectivity index (χ0) is 23.5. The Morgan fingerprint density at radius 2 is 1.94 bits per heavy atom. The van der Waals surface area contributed by atoms with Gasteiger partial charge in [0.25, 0.3) is 0 Å². The second kappa shape index (κ2) is 9.44. The highest BCUT2D eigenvalue weighted by Crippen LogP contribution is 2.34. The SMILES string of the molecule is CNCc1ccc(-c2cc(-c3nc(C4CNC(=O)C(c5ccccc5)C4)cnc3N)on2)cc1. The van der Waals surface area contributed by atoms with Crippen molar-refractivity contribution in [3.8, 4) is 22.7 Å². The van der Waals surface area contributed by atoms with Crippen LogP contribution in [0.15, 0.2) is 71.4 Å². The Kier molecular flexibility index (Phi) is 6.05. The van der Waals surface area contributed by atoms with Gasteiger partial charge in [-0.1, -0.05) is 59.8 Å². The molecule has 1 aliphatic heterocycles. The molecule has 2 aromatic carbocycles. The number of hydrogen-bond donors (Lipinski definition) is 3. The van der Waals surface area contributed by atoms with Crippen molar-refractivity contribution in [1.82, 2.24) is 25.8 Å². The van der Waals surface area contributed by atoms with Crippen molar-refractivity contribution in [1.29, 1.82) is 0 Å². The molecule has 8 heteroatoms. The van der Waals surface area contributed by atoms with Crippen LogP contribution in [0.2, 0.25) is 0 Å². The topological polar surface area (TPSA) is 119 Å². The second-order valence-corrected chi connectivity index (χ2v) is 8.47. The van der Waals surface area contributed by atoms with Crippen molar-refractivity contribution in [3.63, 3.8) is 0 Å². The number of amides is 1. The molecular formula is C26H26N6O2. The Balaban J connectivity index is 1.40. The zero-order valence-electron chi connectivity index (χ0n) is 18.9. The molecule has 1 aliphatic rings. The van der Waals surface area contributed by atoms with Crippen LogP contribution in [0.4, 0.5) is 5.82 Å². The summed E-state index contributed by atoms with van der Waals surface area (Å²) in [5.74, 6) is 0.546. The van der Waals surface area contributed by atoms with Gasteiger partial charge in [0, 0.05) is 30.6 Å². The molecule has 2 atom stereocenters. The van der Waals surface area contributed by atoms with Gasteiger partial charge in [-0.25, -0.2) is 9.97 Å². The van der Waals surface area contributed by atoms with Gasteiger partial charge in [-0.3, -0.25) is 4.79 Å². The number of nitrogens with zero attached hydrogens (tertiary/aromatic N) is 3. The number of nitrogens with one attached hydrogen (secondary N) is 2. The van der Waals surface area contributed by atoms with Crippen molar-refractivity contribution >= 4 is 11.7 Å². The molecular weight excluding hydrogens is 428 g/mol. The molecule has 4 aromatic rings. The van der Waals surface area contributed by atoms with Crippen LogP contribution in [-0.4, -0.2) is 34.6 Å². The Bertz CT molecular complexity index is 1290. The zero-order valence-corrected chi connectivity index (χ0v) is 18.9. The van der Waals surface area contributed by atoms with Gasteiger partial charge < -0.3 is 20.9 Å². The normalized spacial score (nSPS) is 18.0. The van der Waals surface area contributed by atoms with Crippen molar-refractivity contribution in [2.24, 2.45) is 0 Å². The number of nitrogens with two attached hydrogens (primary N) is 1. The number of anilines is 1. The van der Waals surface area contributed by atoms with Crippen molar-refractivity contribution in [2.45, 2.75) is 24.8 Å². The minimum absolute atomic E-state index is 0.0110. The minimum atomic E-state index is -0.231. The number of carbonyl (C=O) groups is 1. The molecule has 3 heterocycles. The van der Waals surface area contributed by atoms with Crippen LogP contribution in [0.25, 0.3) is 22.7 Å². The summed E-state index contributed by atoms with van der Waals surface area (Å²) in [6, 6.07) is 19.7. The molecule has 1 saturated heterocycles. The number of rotatable bonds is 6. The van der Waals surface area contributed by atoms with E-state index in [0.717, 1.165) is 23.4 Å². The standard InChI is InChI=1S/C26H26N6O2/c1-28-13-16-7-9-18(10-8-16)21-12-23(34-32-21)24-25(27)29-15-22(31-24)19-11-20(26(33)30-14-19)17-5-3-2-4-6-17/h2-10,12,15,19-20,28H,11,13-14H2,1H3,(H2,27,29)(H,30,33). The molecule has 0 radical (unpaired) electrons. The molecule has 5 rings (SSSR count). The van der Waals surface area contributed by atoms with E-state index < -0.39 is 0 Å². The van der Waals surface area contributed by atoms with E-state index in [0.29, 0.717) is 30.1 Å². The maximum atomic E-state index is 12.5. The quantitative estimate of drug-likeness (QED) is 0.408. The second-order valence-electron chi connectivity index (χ2n) is 8.47. The van der Waals surface area contributed by atoms with Crippen LogP contribution >= 0.6 is 0 Å². The molecule has 8 nitrogen and oxygen atoms in total. The summed E-state index contributed by atoms with van der Waals surface area (Å²) < 4.78 is 5.60. The highest BCUT2D eigenvalue weighted by molar-refractivity contribution is 5.84. The maximum absolute atomic E-state index is 12.5. The predicted molar refractivity (Wildman–Crippen MR) is 130 cm³/mol. The van der Waals surface area contributed by atoms with Gasteiger partial charge in [0.05, 0.1) is 17.8 Å². The Morgan fingerprint density at radius 3 is 2.71 bits per heavy atom. The lowest BCUT2D eigenvalue weighted by Crippen LogP contribution is -2.39. The molecule has 0 aliphatic carbocycles. The van der Waals surface area contributed by atoms with Gasteiger partial charge in [-0.05, 0) is 24.6 Å². The average Bonchev–Trinajstić information content (AvgIpc) is 3.36. The molecule has 34 heavy (non-hydrogen) atoms. The summed E-state index contributed by atoms with van der Waals surface area (Å²) in [5.41, 5.74) is 11.2. The highest BCUT2D eigenvalue weighted by Gasteiger charge is 2.32. The number of nitrogen functional groups attached to an aromatic ring is 1. The van der Waals surface area contributed by atoms with Crippen LogP contribution in [0.3, 0.4) is 0 Å². The Labute approximate surface area is 197 Å². The van der Waals surface area contributed by atoms with Gasteiger partial charge in [0.1, 0.15) is 5.69 Å². The predicted octanol–water partition coefficient (Wildman–Crippen LogP) is 3.49. The van der Waals surface area contributed by atoms with E-state index in [1.165, 1.54) is 5.56 Å². The number of hydrogen-bond acceptors (Lipinski definition) is 7.